The largest absolute Gasteiger partial charge is 0.494 e. The van der Waals surface area contributed by atoms with Crippen molar-refractivity contribution in [1.82, 2.24) is 0 Å². The Labute approximate surface area is 194 Å². The summed E-state index contributed by atoms with van der Waals surface area (Å²) in [5.74, 6) is 2.82. The van der Waals surface area contributed by atoms with E-state index in [9.17, 15) is 4.79 Å². The minimum Gasteiger partial charge on any atom is -0.494 e. The lowest BCUT2D eigenvalue weighted by Crippen LogP contribution is -2.30. The Kier molecular flexibility index (Phi) is 8.62. The van der Waals surface area contributed by atoms with Crippen LogP contribution >= 0.6 is 11.8 Å². The highest BCUT2D eigenvalue weighted by molar-refractivity contribution is 8.14. The number of carbonyl (C=O) groups is 1. The molecule has 170 valence electrons. The number of amidine groups is 1. The first kappa shape index (κ1) is 23.7. The van der Waals surface area contributed by atoms with Gasteiger partial charge in [-0.1, -0.05) is 31.2 Å². The normalized spacial score (nSPS) is 14.6. The van der Waals surface area contributed by atoms with Crippen molar-refractivity contribution < 1.29 is 19.0 Å². The third-order valence-electron chi connectivity index (χ3n) is 4.76. The molecule has 32 heavy (non-hydrogen) atoms. The van der Waals surface area contributed by atoms with Gasteiger partial charge in [-0.15, -0.1) is 0 Å². The molecule has 0 saturated heterocycles. The SMILES string of the molecule is CCCCSC1=N/C(=C\c2ccc(OCC)c(OC)c2)C(=O)N1c1ccc(OCC)cc1. The van der Waals surface area contributed by atoms with Gasteiger partial charge in [-0.3, -0.25) is 9.69 Å². The first-order valence-electron chi connectivity index (χ1n) is 10.9. The molecule has 6 nitrogen and oxygen atoms in total. The van der Waals surface area contributed by atoms with Crippen molar-refractivity contribution in [2.45, 2.75) is 33.6 Å². The molecule has 0 aromatic heterocycles. The van der Waals surface area contributed by atoms with Crippen LogP contribution in [0.5, 0.6) is 17.2 Å². The van der Waals surface area contributed by atoms with E-state index >= 15 is 0 Å². The van der Waals surface area contributed by atoms with Crippen molar-refractivity contribution in [3.63, 3.8) is 0 Å². The fourth-order valence-corrected chi connectivity index (χ4v) is 4.29. The third kappa shape index (κ3) is 5.65. The molecular weight excluding hydrogens is 424 g/mol. The molecule has 0 unspecified atom stereocenters. The number of rotatable bonds is 10. The summed E-state index contributed by atoms with van der Waals surface area (Å²) in [4.78, 5) is 19.7. The van der Waals surface area contributed by atoms with Crippen molar-refractivity contribution in [3.8, 4) is 17.2 Å². The average Bonchev–Trinajstić information content (AvgIpc) is 3.10. The summed E-state index contributed by atoms with van der Waals surface area (Å²) in [5, 5.41) is 0.691. The van der Waals surface area contributed by atoms with Crippen LogP contribution in [0.2, 0.25) is 0 Å². The average molecular weight is 455 g/mol. The molecule has 2 aromatic rings. The summed E-state index contributed by atoms with van der Waals surface area (Å²) < 4.78 is 16.6. The molecule has 1 heterocycles. The van der Waals surface area contributed by atoms with E-state index in [0.29, 0.717) is 35.6 Å². The van der Waals surface area contributed by atoms with Gasteiger partial charge in [0.1, 0.15) is 11.4 Å². The standard InChI is InChI=1S/C25H30N2O4S/c1-5-8-15-32-25-26-21(16-18-9-14-22(31-7-3)23(17-18)29-4)24(28)27(25)19-10-12-20(13-11-19)30-6-2/h9-14,16-17H,5-8,15H2,1-4H3/b21-16-. The van der Waals surface area contributed by atoms with E-state index in [1.165, 1.54) is 0 Å². The topological polar surface area (TPSA) is 60.4 Å². The second-order valence-corrected chi connectivity index (χ2v) is 8.10. The molecule has 0 radical (unpaired) electrons. The van der Waals surface area contributed by atoms with E-state index in [1.807, 2.05) is 56.3 Å². The van der Waals surface area contributed by atoms with Crippen molar-refractivity contribution >= 4 is 34.6 Å². The molecule has 0 fully saturated rings. The number of methoxy groups -OCH3 is 1. The fourth-order valence-electron chi connectivity index (χ4n) is 3.19. The number of anilines is 1. The van der Waals surface area contributed by atoms with Crippen LogP contribution in [0.4, 0.5) is 5.69 Å². The summed E-state index contributed by atoms with van der Waals surface area (Å²) in [6.45, 7) is 7.17. The Hall–Kier alpha value is -2.93. The second-order valence-electron chi connectivity index (χ2n) is 7.04. The number of hydrogen-bond acceptors (Lipinski definition) is 6. The molecule has 0 spiro atoms. The van der Waals surface area contributed by atoms with Crippen molar-refractivity contribution in [3.05, 3.63) is 53.7 Å². The number of aliphatic imine (C=N–C) groups is 1. The monoisotopic (exact) mass is 454 g/mol. The quantitative estimate of drug-likeness (QED) is 0.337. The van der Waals surface area contributed by atoms with E-state index in [1.54, 1.807) is 29.8 Å². The van der Waals surface area contributed by atoms with E-state index in [4.69, 9.17) is 14.2 Å². The Morgan fingerprint density at radius 2 is 1.75 bits per heavy atom. The summed E-state index contributed by atoms with van der Waals surface area (Å²) in [5.41, 5.74) is 1.99. The first-order chi connectivity index (χ1) is 15.6. The van der Waals surface area contributed by atoms with Gasteiger partial charge in [0.15, 0.2) is 16.7 Å². The lowest BCUT2D eigenvalue weighted by Gasteiger charge is -2.18. The number of nitrogens with zero attached hydrogens (tertiary/aromatic N) is 2. The highest BCUT2D eigenvalue weighted by atomic mass is 32.2. The zero-order valence-corrected chi connectivity index (χ0v) is 19.9. The van der Waals surface area contributed by atoms with Crippen molar-refractivity contribution in [2.75, 3.05) is 31.0 Å². The van der Waals surface area contributed by atoms with Gasteiger partial charge in [-0.25, -0.2) is 4.99 Å². The van der Waals surface area contributed by atoms with Gasteiger partial charge >= 0.3 is 0 Å². The van der Waals surface area contributed by atoms with Crippen LogP contribution in [-0.2, 0) is 4.79 Å². The molecule has 0 aliphatic carbocycles. The van der Waals surface area contributed by atoms with Gasteiger partial charge in [0.25, 0.3) is 5.91 Å². The van der Waals surface area contributed by atoms with Gasteiger partial charge in [0.2, 0.25) is 0 Å². The Morgan fingerprint density at radius 3 is 2.41 bits per heavy atom. The van der Waals surface area contributed by atoms with Crippen LogP contribution in [-0.4, -0.2) is 37.2 Å². The molecule has 1 aliphatic heterocycles. The maximum atomic E-state index is 13.3. The van der Waals surface area contributed by atoms with Crippen LogP contribution in [0, 0.1) is 0 Å². The summed E-state index contributed by atoms with van der Waals surface area (Å²) in [6, 6.07) is 13.1. The maximum absolute atomic E-state index is 13.3. The number of ether oxygens (including phenoxy) is 3. The molecule has 0 bridgehead atoms. The van der Waals surface area contributed by atoms with Crippen LogP contribution in [0.15, 0.2) is 53.2 Å². The smallest absolute Gasteiger partial charge is 0.283 e. The molecule has 1 amide bonds. The molecule has 2 aromatic carbocycles. The van der Waals surface area contributed by atoms with Crippen LogP contribution < -0.4 is 19.1 Å². The Balaban J connectivity index is 1.92. The number of unbranched alkanes of at least 4 members (excludes halogenated alkanes) is 1. The summed E-state index contributed by atoms with van der Waals surface area (Å²) in [6.07, 6.45) is 3.94. The maximum Gasteiger partial charge on any atom is 0.283 e. The zero-order valence-electron chi connectivity index (χ0n) is 19.1. The molecule has 0 N–H and O–H groups in total. The molecule has 1 aliphatic rings. The van der Waals surface area contributed by atoms with E-state index in [-0.39, 0.29) is 5.91 Å². The highest BCUT2D eigenvalue weighted by Gasteiger charge is 2.32. The van der Waals surface area contributed by atoms with Gasteiger partial charge in [0, 0.05) is 5.75 Å². The molecule has 3 rings (SSSR count). The Bertz CT molecular complexity index is 986. The Morgan fingerprint density at radius 1 is 1.00 bits per heavy atom. The molecule has 7 heteroatoms. The molecule has 0 saturated carbocycles. The van der Waals surface area contributed by atoms with Gasteiger partial charge in [-0.2, -0.15) is 0 Å². The van der Waals surface area contributed by atoms with Gasteiger partial charge in [0.05, 0.1) is 26.0 Å². The number of benzene rings is 2. The lowest BCUT2D eigenvalue weighted by atomic mass is 10.1. The summed E-state index contributed by atoms with van der Waals surface area (Å²) >= 11 is 1.60. The van der Waals surface area contributed by atoms with Gasteiger partial charge < -0.3 is 14.2 Å². The van der Waals surface area contributed by atoms with Crippen molar-refractivity contribution in [1.29, 1.82) is 0 Å². The lowest BCUT2D eigenvalue weighted by molar-refractivity contribution is -0.113. The number of amides is 1. The van der Waals surface area contributed by atoms with Gasteiger partial charge in [-0.05, 0) is 68.3 Å². The highest BCUT2D eigenvalue weighted by Crippen LogP contribution is 2.33. The molecule has 0 atom stereocenters. The number of thioether (sulfide) groups is 1. The van der Waals surface area contributed by atoms with E-state index in [0.717, 1.165) is 35.6 Å². The van der Waals surface area contributed by atoms with Crippen LogP contribution in [0.1, 0.15) is 39.2 Å². The van der Waals surface area contributed by atoms with Crippen LogP contribution in [0.25, 0.3) is 6.08 Å². The number of carbonyl (C=O) groups excluding carboxylic acids is 1. The van der Waals surface area contributed by atoms with E-state index in [2.05, 4.69) is 11.9 Å². The number of hydrogen-bond donors (Lipinski definition) is 0. The van der Waals surface area contributed by atoms with E-state index < -0.39 is 0 Å². The predicted octanol–water partition coefficient (Wildman–Crippen LogP) is 5.77. The second kappa shape index (κ2) is 11.6. The molecular formula is C25H30N2O4S. The minimum atomic E-state index is -0.152. The third-order valence-corrected chi connectivity index (χ3v) is 5.78. The minimum absolute atomic E-state index is 0.152. The summed E-state index contributed by atoms with van der Waals surface area (Å²) in [7, 11) is 1.60. The van der Waals surface area contributed by atoms with Crippen LogP contribution in [0.3, 0.4) is 0 Å². The first-order valence-corrected chi connectivity index (χ1v) is 11.9. The fraction of sp³-hybridized carbons (Fsp3) is 0.360. The van der Waals surface area contributed by atoms with Crippen molar-refractivity contribution in [2.24, 2.45) is 4.99 Å². The zero-order chi connectivity index (χ0) is 22.9. The predicted molar refractivity (Wildman–Crippen MR) is 132 cm³/mol.